The lowest BCUT2D eigenvalue weighted by atomic mass is 9.70. The number of nitrogens with zero attached hydrogens (tertiary/aromatic N) is 1. The number of amides is 3. The van der Waals surface area contributed by atoms with E-state index in [0.29, 0.717) is 23.4 Å². The molecular formula is C34H30BrN3O5. The van der Waals surface area contributed by atoms with Crippen molar-refractivity contribution in [1.29, 1.82) is 0 Å². The lowest BCUT2D eigenvalue weighted by Gasteiger charge is -2.37. The number of carbonyl (C=O) groups excluding carboxylic acids is 3. The molecule has 0 saturated carbocycles. The topological polar surface area (TPSA) is 108 Å². The predicted octanol–water partition coefficient (Wildman–Crippen LogP) is 4.90. The molecule has 218 valence electrons. The van der Waals surface area contributed by atoms with E-state index in [-0.39, 0.29) is 16.6 Å². The number of ether oxygens (including phenoxy) is 1. The largest absolute Gasteiger partial charge is 0.394 e. The second-order valence-corrected chi connectivity index (χ2v) is 12.6. The quantitative estimate of drug-likeness (QED) is 0.249. The fourth-order valence-electron chi connectivity index (χ4n) is 7.26. The fourth-order valence-corrected chi connectivity index (χ4v) is 8.20. The molecule has 4 aromatic rings. The molecule has 3 saturated heterocycles. The number of carbonyl (C=O) groups is 3. The summed E-state index contributed by atoms with van der Waals surface area (Å²) in [6, 6.07) is 29.8. The molecule has 3 amide bonds. The summed E-state index contributed by atoms with van der Waals surface area (Å²) in [6.07, 6.45) is -0.234. The molecule has 3 unspecified atom stereocenters. The Morgan fingerprint density at radius 1 is 0.884 bits per heavy atom. The summed E-state index contributed by atoms with van der Waals surface area (Å²) in [7, 11) is 0. The van der Waals surface area contributed by atoms with Crippen LogP contribution in [-0.4, -0.2) is 56.9 Å². The zero-order valence-electron chi connectivity index (χ0n) is 23.1. The van der Waals surface area contributed by atoms with E-state index in [0.717, 1.165) is 10.8 Å². The van der Waals surface area contributed by atoms with Crippen LogP contribution in [0.4, 0.5) is 11.4 Å². The highest BCUT2D eigenvalue weighted by Gasteiger charge is 2.77. The van der Waals surface area contributed by atoms with Crippen LogP contribution in [0.2, 0.25) is 0 Å². The number of fused-ring (bicyclic) bond motifs is 2. The summed E-state index contributed by atoms with van der Waals surface area (Å²) in [4.78, 5) is 43.9. The van der Waals surface area contributed by atoms with E-state index >= 15 is 0 Å². The third-order valence-electron chi connectivity index (χ3n) is 9.03. The fraction of sp³-hybridized carbons (Fsp3) is 0.265. The average molecular weight is 641 g/mol. The summed E-state index contributed by atoms with van der Waals surface area (Å²) in [5, 5.41) is 18.6. The number of halogens is 1. The van der Waals surface area contributed by atoms with Crippen LogP contribution in [-0.2, 0) is 19.1 Å². The van der Waals surface area contributed by atoms with Gasteiger partial charge in [0.05, 0.1) is 30.6 Å². The number of hydrogen-bond acceptors (Lipinski definition) is 5. The minimum absolute atomic E-state index is 0.247. The van der Waals surface area contributed by atoms with Gasteiger partial charge in [-0.3, -0.25) is 14.4 Å². The predicted molar refractivity (Wildman–Crippen MR) is 166 cm³/mol. The van der Waals surface area contributed by atoms with E-state index in [1.54, 1.807) is 12.1 Å². The van der Waals surface area contributed by atoms with Crippen molar-refractivity contribution in [2.24, 2.45) is 11.8 Å². The number of para-hydroxylation sites is 1. The third-order valence-corrected chi connectivity index (χ3v) is 9.87. The number of benzene rings is 4. The Kier molecular flexibility index (Phi) is 7.04. The minimum atomic E-state index is -1.27. The van der Waals surface area contributed by atoms with Crippen LogP contribution in [0.25, 0.3) is 10.8 Å². The highest BCUT2D eigenvalue weighted by atomic mass is 79.9. The van der Waals surface area contributed by atoms with Crippen molar-refractivity contribution < 1.29 is 24.2 Å². The number of aliphatic hydroxyl groups excluding tert-OH is 1. The highest BCUT2D eigenvalue weighted by Crippen LogP contribution is 2.61. The van der Waals surface area contributed by atoms with Crippen molar-refractivity contribution in [1.82, 2.24) is 4.90 Å². The smallest absolute Gasteiger partial charge is 0.250 e. The average Bonchev–Trinajstić information content (AvgIpc) is 3.62. The molecule has 4 aromatic carbocycles. The van der Waals surface area contributed by atoms with Gasteiger partial charge in [0.15, 0.2) is 0 Å². The second-order valence-electron chi connectivity index (χ2n) is 11.4. The van der Waals surface area contributed by atoms with Crippen molar-refractivity contribution in [2.75, 3.05) is 17.2 Å². The Morgan fingerprint density at radius 2 is 1.53 bits per heavy atom. The van der Waals surface area contributed by atoms with Crippen LogP contribution < -0.4 is 10.6 Å². The monoisotopic (exact) mass is 639 g/mol. The number of hydrogen-bond donors (Lipinski definition) is 3. The van der Waals surface area contributed by atoms with Gasteiger partial charge in [0.25, 0.3) is 0 Å². The molecule has 3 N–H and O–H groups in total. The van der Waals surface area contributed by atoms with Crippen molar-refractivity contribution in [2.45, 2.75) is 35.0 Å². The van der Waals surface area contributed by atoms with Gasteiger partial charge in [0.1, 0.15) is 11.6 Å². The number of anilines is 2. The molecule has 43 heavy (non-hydrogen) atoms. The summed E-state index contributed by atoms with van der Waals surface area (Å²) in [6.45, 7) is -0.402. The molecule has 7 atom stereocenters. The number of rotatable bonds is 7. The summed E-state index contributed by atoms with van der Waals surface area (Å²) < 4.78 is 6.63. The van der Waals surface area contributed by atoms with Gasteiger partial charge in [-0.1, -0.05) is 94.8 Å². The van der Waals surface area contributed by atoms with Crippen LogP contribution >= 0.6 is 15.9 Å². The zero-order chi connectivity index (χ0) is 29.7. The highest BCUT2D eigenvalue weighted by molar-refractivity contribution is 9.09. The van der Waals surface area contributed by atoms with Gasteiger partial charge >= 0.3 is 0 Å². The molecule has 3 fully saturated rings. The number of likely N-dealkylation sites (tertiary alicyclic amines) is 1. The van der Waals surface area contributed by atoms with Gasteiger partial charge in [-0.25, -0.2) is 0 Å². The van der Waals surface area contributed by atoms with Gasteiger partial charge in [-0.15, -0.1) is 0 Å². The summed E-state index contributed by atoms with van der Waals surface area (Å²) in [5.74, 6) is -2.87. The Bertz CT molecular complexity index is 1700. The van der Waals surface area contributed by atoms with Crippen molar-refractivity contribution in [3.63, 3.8) is 0 Å². The molecule has 3 aliphatic heterocycles. The van der Waals surface area contributed by atoms with Gasteiger partial charge in [0, 0.05) is 16.2 Å². The Balaban J connectivity index is 1.30. The number of alkyl halides is 1. The van der Waals surface area contributed by atoms with Crippen molar-refractivity contribution in [3.8, 4) is 0 Å². The Labute approximate surface area is 257 Å². The molecule has 3 aliphatic rings. The molecule has 0 radical (unpaired) electrons. The van der Waals surface area contributed by atoms with Crippen LogP contribution in [0.1, 0.15) is 18.0 Å². The molecule has 0 aliphatic carbocycles. The van der Waals surface area contributed by atoms with Gasteiger partial charge < -0.3 is 25.4 Å². The molecule has 1 spiro atoms. The van der Waals surface area contributed by atoms with E-state index in [1.807, 2.05) is 91.0 Å². The van der Waals surface area contributed by atoms with Crippen LogP contribution in [0.15, 0.2) is 103 Å². The van der Waals surface area contributed by atoms with Crippen LogP contribution in [0.5, 0.6) is 0 Å². The normalized spacial score (nSPS) is 28.1. The summed E-state index contributed by atoms with van der Waals surface area (Å²) >= 11 is 3.71. The molecular weight excluding hydrogens is 610 g/mol. The molecule has 2 bridgehead atoms. The number of aliphatic hydroxyl groups is 1. The van der Waals surface area contributed by atoms with E-state index in [2.05, 4.69) is 26.6 Å². The van der Waals surface area contributed by atoms with E-state index in [1.165, 1.54) is 4.90 Å². The van der Waals surface area contributed by atoms with Gasteiger partial charge in [0.2, 0.25) is 17.7 Å². The number of nitrogens with one attached hydrogen (secondary N) is 2. The first kappa shape index (κ1) is 27.8. The summed E-state index contributed by atoms with van der Waals surface area (Å²) in [5.41, 5.74) is 0.615. The van der Waals surface area contributed by atoms with E-state index < -0.39 is 48.1 Å². The lowest BCUT2D eigenvalue weighted by molar-refractivity contribution is -0.143. The molecule has 8 nitrogen and oxygen atoms in total. The Hall–Kier alpha value is -4.05. The van der Waals surface area contributed by atoms with Crippen molar-refractivity contribution >= 4 is 55.8 Å². The molecule has 7 rings (SSSR count). The van der Waals surface area contributed by atoms with Crippen LogP contribution in [0.3, 0.4) is 0 Å². The molecule has 9 heteroatoms. The minimum Gasteiger partial charge on any atom is -0.394 e. The van der Waals surface area contributed by atoms with E-state index in [4.69, 9.17) is 4.74 Å². The third kappa shape index (κ3) is 4.54. The van der Waals surface area contributed by atoms with Gasteiger partial charge in [-0.2, -0.15) is 0 Å². The van der Waals surface area contributed by atoms with E-state index in [9.17, 15) is 19.5 Å². The Morgan fingerprint density at radius 3 is 2.26 bits per heavy atom. The SMILES string of the molecule is O=C(Nc1ccc2ccccc2c1)C1N([C@H](CO)c2ccccc2)C(=O)[C@@H]2[C@H](C(=O)Nc3ccccc3)[C@H]3OC12CC3Br. The first-order valence-electron chi connectivity index (χ1n) is 14.4. The maximum Gasteiger partial charge on any atom is 0.250 e. The maximum atomic E-state index is 14.5. The van der Waals surface area contributed by atoms with Gasteiger partial charge in [-0.05, 0) is 47.0 Å². The first-order valence-corrected chi connectivity index (χ1v) is 15.3. The maximum absolute atomic E-state index is 14.5. The van der Waals surface area contributed by atoms with Crippen LogP contribution in [0, 0.1) is 11.8 Å². The first-order chi connectivity index (χ1) is 20.9. The zero-order valence-corrected chi connectivity index (χ0v) is 24.7. The molecule has 3 heterocycles. The standard InChI is InChI=1S/C34H30BrN3O5/c35-25-18-34-28(27(29(25)43-34)31(40)36-23-13-5-2-6-14-23)33(42)38(26(19-39)21-10-3-1-4-11-21)30(34)32(41)37-24-16-15-20-9-7-8-12-22(20)17-24/h1-17,25-30,39H,18-19H2,(H,36,40)(H,37,41)/t25?,26-,27+,28+,29+,30?,34?/m1/s1. The van der Waals surface area contributed by atoms with Crippen molar-refractivity contribution in [3.05, 3.63) is 109 Å². The second kappa shape index (κ2) is 10.9. The molecule has 0 aromatic heterocycles. The lowest BCUT2D eigenvalue weighted by Crippen LogP contribution is -2.55.